The Morgan fingerprint density at radius 1 is 1.69 bits per heavy atom. The van der Waals surface area contributed by atoms with Crippen LogP contribution in [0.1, 0.15) is 12.8 Å². The number of amides is 1. The number of nitrogens with zero attached hydrogens (tertiary/aromatic N) is 1. The van der Waals surface area contributed by atoms with Gasteiger partial charge in [-0.3, -0.25) is 4.79 Å². The summed E-state index contributed by atoms with van der Waals surface area (Å²) in [7, 11) is 0. The molecule has 1 aromatic rings. The lowest BCUT2D eigenvalue weighted by Gasteiger charge is -2.09. The average molecular weight is 322 g/mol. The predicted octanol–water partition coefficient (Wildman–Crippen LogP) is 3.33. The Hall–Kier alpha value is -0.260. The molecule has 0 aromatic carbocycles. The number of aromatic nitrogens is 1. The maximum Gasteiger partial charge on any atom is 0.237 e. The highest BCUT2D eigenvalue weighted by atomic mass is 79.9. The largest absolute Gasteiger partial charge is 0.324 e. The molecule has 1 amide bonds. The predicted molar refractivity (Wildman–Crippen MR) is 71.1 cm³/mol. The van der Waals surface area contributed by atoms with E-state index in [-0.39, 0.29) is 11.2 Å². The van der Waals surface area contributed by atoms with Crippen molar-refractivity contribution >= 4 is 50.9 Å². The molecule has 1 aliphatic rings. The molecule has 2 rings (SSSR count). The summed E-state index contributed by atoms with van der Waals surface area (Å²) in [6.07, 6.45) is 3.63. The fraction of sp³-hybridized carbons (Fsp3) is 0.400. The second-order valence-corrected chi connectivity index (χ2v) is 6.01. The summed E-state index contributed by atoms with van der Waals surface area (Å²) in [6.45, 7) is 0. The number of nitrogens with one attached hydrogen (secondary N) is 1. The van der Waals surface area contributed by atoms with Crippen molar-refractivity contribution in [1.29, 1.82) is 0 Å². The third-order valence-corrected chi connectivity index (χ3v) is 4.80. The van der Waals surface area contributed by atoms with E-state index in [1.165, 1.54) is 0 Å². The standard InChI is InChI=1S/C10H10BrClN2OS/c11-7-4-6(5-13-9(7)12)14-10(15)8-2-1-3-16-8/h4-5,8H,1-3H2,(H,14,15). The Labute approximate surface area is 111 Å². The lowest BCUT2D eigenvalue weighted by Crippen LogP contribution is -2.22. The van der Waals surface area contributed by atoms with E-state index in [4.69, 9.17) is 11.6 Å². The van der Waals surface area contributed by atoms with Crippen molar-refractivity contribution in [3.63, 3.8) is 0 Å². The first-order valence-electron chi connectivity index (χ1n) is 4.90. The van der Waals surface area contributed by atoms with E-state index in [1.807, 2.05) is 0 Å². The first-order chi connectivity index (χ1) is 7.66. The Balaban J connectivity index is 2.02. The van der Waals surface area contributed by atoms with E-state index < -0.39 is 0 Å². The Morgan fingerprint density at radius 3 is 3.12 bits per heavy atom. The maximum absolute atomic E-state index is 11.8. The van der Waals surface area contributed by atoms with Gasteiger partial charge in [0.15, 0.2) is 0 Å². The van der Waals surface area contributed by atoms with Crippen molar-refractivity contribution < 1.29 is 4.79 Å². The van der Waals surface area contributed by atoms with Gasteiger partial charge in [-0.2, -0.15) is 0 Å². The molecule has 3 nitrogen and oxygen atoms in total. The zero-order valence-electron chi connectivity index (χ0n) is 8.37. The molecule has 1 unspecified atom stereocenters. The minimum Gasteiger partial charge on any atom is -0.324 e. The number of halogens is 2. The van der Waals surface area contributed by atoms with E-state index in [1.54, 1.807) is 24.0 Å². The average Bonchev–Trinajstić information content (AvgIpc) is 2.77. The van der Waals surface area contributed by atoms with Gasteiger partial charge in [0.1, 0.15) is 5.15 Å². The Bertz CT molecular complexity index is 410. The number of carbonyl (C=O) groups excluding carboxylic acids is 1. The summed E-state index contributed by atoms with van der Waals surface area (Å²) in [5, 5.41) is 3.32. The van der Waals surface area contributed by atoms with Crippen LogP contribution in [0.2, 0.25) is 5.15 Å². The summed E-state index contributed by atoms with van der Waals surface area (Å²) in [5.74, 6) is 1.12. The topological polar surface area (TPSA) is 42.0 Å². The minimum atomic E-state index is 0.0542. The Kier molecular flexibility index (Phi) is 4.10. The summed E-state index contributed by atoms with van der Waals surface area (Å²) < 4.78 is 0.686. The lowest BCUT2D eigenvalue weighted by atomic mass is 10.2. The molecule has 1 N–H and O–H groups in total. The van der Waals surface area contributed by atoms with Gasteiger partial charge in [-0.25, -0.2) is 4.98 Å². The normalized spacial score (nSPS) is 19.8. The molecule has 0 spiro atoms. The zero-order valence-corrected chi connectivity index (χ0v) is 11.5. The van der Waals surface area contributed by atoms with E-state index in [9.17, 15) is 4.79 Å². The van der Waals surface area contributed by atoms with Crippen LogP contribution in [0.25, 0.3) is 0 Å². The van der Waals surface area contributed by atoms with Gasteiger partial charge >= 0.3 is 0 Å². The number of rotatable bonds is 2. The maximum atomic E-state index is 11.8. The smallest absolute Gasteiger partial charge is 0.237 e. The van der Waals surface area contributed by atoms with Crippen LogP contribution in [0, 0.1) is 0 Å². The first-order valence-corrected chi connectivity index (χ1v) is 7.12. The first kappa shape index (κ1) is 12.2. The van der Waals surface area contributed by atoms with Crippen LogP contribution >= 0.6 is 39.3 Å². The molecule has 1 aromatic heterocycles. The number of thioether (sulfide) groups is 1. The SMILES string of the molecule is O=C(Nc1cnc(Cl)c(Br)c1)C1CCCS1. The Morgan fingerprint density at radius 2 is 2.50 bits per heavy atom. The molecule has 16 heavy (non-hydrogen) atoms. The van der Waals surface area contributed by atoms with Crippen LogP contribution in [-0.4, -0.2) is 21.9 Å². The van der Waals surface area contributed by atoms with Gasteiger partial charge in [-0.1, -0.05) is 11.6 Å². The molecule has 86 valence electrons. The molecular weight excluding hydrogens is 312 g/mol. The molecular formula is C10H10BrClN2OS. The number of anilines is 1. The summed E-state index contributed by atoms with van der Waals surface area (Å²) >= 11 is 10.7. The zero-order chi connectivity index (χ0) is 11.5. The molecule has 0 radical (unpaired) electrons. The number of pyridine rings is 1. The monoisotopic (exact) mass is 320 g/mol. The van der Waals surface area contributed by atoms with E-state index in [0.717, 1.165) is 18.6 Å². The van der Waals surface area contributed by atoms with Crippen molar-refractivity contribution in [3.8, 4) is 0 Å². The second-order valence-electron chi connectivity index (χ2n) is 3.49. The van der Waals surface area contributed by atoms with Gasteiger partial charge in [0.2, 0.25) is 5.91 Å². The van der Waals surface area contributed by atoms with Crippen LogP contribution in [-0.2, 0) is 4.79 Å². The highest BCUT2D eigenvalue weighted by Gasteiger charge is 2.23. The van der Waals surface area contributed by atoms with Gasteiger partial charge in [0.25, 0.3) is 0 Å². The number of hydrogen-bond donors (Lipinski definition) is 1. The van der Waals surface area contributed by atoms with Crippen LogP contribution in [0.4, 0.5) is 5.69 Å². The molecule has 1 saturated heterocycles. The van der Waals surface area contributed by atoms with Crippen molar-refractivity contribution in [1.82, 2.24) is 4.98 Å². The summed E-state index contributed by atoms with van der Waals surface area (Å²) in [4.78, 5) is 15.8. The van der Waals surface area contributed by atoms with E-state index >= 15 is 0 Å². The van der Waals surface area contributed by atoms with Crippen LogP contribution in [0.15, 0.2) is 16.7 Å². The molecule has 6 heteroatoms. The van der Waals surface area contributed by atoms with Crippen molar-refractivity contribution in [2.24, 2.45) is 0 Å². The number of hydrogen-bond acceptors (Lipinski definition) is 3. The molecule has 2 heterocycles. The highest BCUT2D eigenvalue weighted by molar-refractivity contribution is 9.10. The molecule has 1 fully saturated rings. The highest BCUT2D eigenvalue weighted by Crippen LogP contribution is 2.28. The second kappa shape index (κ2) is 5.38. The fourth-order valence-corrected chi connectivity index (χ4v) is 3.11. The molecule has 0 bridgehead atoms. The van der Waals surface area contributed by atoms with Crippen molar-refractivity contribution in [2.75, 3.05) is 11.1 Å². The number of carbonyl (C=O) groups is 1. The van der Waals surface area contributed by atoms with Gasteiger partial charge in [0, 0.05) is 0 Å². The minimum absolute atomic E-state index is 0.0542. The quantitative estimate of drug-likeness (QED) is 0.850. The summed E-state index contributed by atoms with van der Waals surface area (Å²) in [6, 6.07) is 1.76. The van der Waals surface area contributed by atoms with Crippen molar-refractivity contribution in [3.05, 3.63) is 21.9 Å². The van der Waals surface area contributed by atoms with Crippen LogP contribution in [0.3, 0.4) is 0 Å². The van der Waals surface area contributed by atoms with E-state index in [2.05, 4.69) is 26.2 Å². The van der Waals surface area contributed by atoms with Gasteiger partial charge in [-0.05, 0) is 40.6 Å². The fourth-order valence-electron chi connectivity index (χ4n) is 1.50. The van der Waals surface area contributed by atoms with Crippen LogP contribution < -0.4 is 5.32 Å². The molecule has 1 atom stereocenters. The summed E-state index contributed by atoms with van der Waals surface area (Å²) in [5.41, 5.74) is 0.675. The lowest BCUT2D eigenvalue weighted by molar-refractivity contribution is -0.115. The molecule has 1 aliphatic heterocycles. The third-order valence-electron chi connectivity index (χ3n) is 2.29. The molecule has 0 aliphatic carbocycles. The van der Waals surface area contributed by atoms with Crippen molar-refractivity contribution in [2.45, 2.75) is 18.1 Å². The molecule has 0 saturated carbocycles. The third kappa shape index (κ3) is 2.90. The van der Waals surface area contributed by atoms with Gasteiger partial charge < -0.3 is 5.32 Å². The van der Waals surface area contributed by atoms with Crippen LogP contribution in [0.5, 0.6) is 0 Å². The van der Waals surface area contributed by atoms with E-state index in [0.29, 0.717) is 15.3 Å². The van der Waals surface area contributed by atoms with Gasteiger partial charge in [0.05, 0.1) is 21.6 Å². The van der Waals surface area contributed by atoms with Gasteiger partial charge in [-0.15, -0.1) is 11.8 Å².